The summed E-state index contributed by atoms with van der Waals surface area (Å²) in [5.41, 5.74) is 3.34. The first-order chi connectivity index (χ1) is 9.52. The highest BCUT2D eigenvalue weighted by Crippen LogP contribution is 2.37. The van der Waals surface area contributed by atoms with E-state index in [9.17, 15) is 4.39 Å². The van der Waals surface area contributed by atoms with E-state index in [4.69, 9.17) is 16.3 Å². The van der Waals surface area contributed by atoms with E-state index in [2.05, 4.69) is 0 Å². The van der Waals surface area contributed by atoms with E-state index in [1.54, 1.807) is 12.1 Å². The Morgan fingerprint density at radius 2 is 1.65 bits per heavy atom. The van der Waals surface area contributed by atoms with Crippen LogP contribution >= 0.6 is 11.6 Å². The third kappa shape index (κ3) is 3.13. The fraction of sp³-hybridized carbons (Fsp3) is 0.294. The number of halogens is 2. The Hall–Kier alpha value is -1.54. The van der Waals surface area contributed by atoms with Gasteiger partial charge in [0.05, 0.1) is 12.0 Å². The average Bonchev–Trinajstić information content (AvgIpc) is 2.43. The van der Waals surface area contributed by atoms with Gasteiger partial charge in [-0.15, -0.1) is 11.6 Å². The lowest BCUT2D eigenvalue weighted by atomic mass is 9.99. The first-order valence-electron chi connectivity index (χ1n) is 6.66. The van der Waals surface area contributed by atoms with E-state index in [0.717, 1.165) is 16.7 Å². The van der Waals surface area contributed by atoms with Crippen molar-refractivity contribution < 1.29 is 9.13 Å². The second kappa shape index (κ2) is 6.27. The lowest BCUT2D eigenvalue weighted by molar-refractivity contribution is 0.336. The summed E-state index contributed by atoms with van der Waals surface area (Å²) in [5, 5.41) is -0.559. The van der Waals surface area contributed by atoms with Crippen LogP contribution in [0.1, 0.15) is 34.6 Å². The van der Waals surface area contributed by atoms with Gasteiger partial charge in [0, 0.05) is 11.1 Å². The van der Waals surface area contributed by atoms with E-state index in [1.807, 2.05) is 39.0 Å². The van der Waals surface area contributed by atoms with Gasteiger partial charge in [0.1, 0.15) is 11.6 Å². The number of ether oxygens (including phenoxy) is 1. The van der Waals surface area contributed by atoms with Crippen molar-refractivity contribution in [2.75, 3.05) is 6.61 Å². The number of rotatable bonds is 4. The minimum atomic E-state index is -0.559. The molecular weight excluding hydrogens is 275 g/mol. The molecule has 2 aromatic carbocycles. The molecule has 1 unspecified atom stereocenters. The molecule has 0 aromatic heterocycles. The lowest BCUT2D eigenvalue weighted by Crippen LogP contribution is -2.03. The molecule has 0 heterocycles. The fourth-order valence-electron chi connectivity index (χ4n) is 2.18. The van der Waals surface area contributed by atoms with Gasteiger partial charge in [-0.1, -0.05) is 35.4 Å². The summed E-state index contributed by atoms with van der Waals surface area (Å²) in [5.74, 6) is 0.415. The van der Waals surface area contributed by atoms with Gasteiger partial charge in [-0.05, 0) is 32.9 Å². The summed E-state index contributed by atoms with van der Waals surface area (Å²) < 4.78 is 19.6. The Kier molecular flexibility index (Phi) is 4.66. The summed E-state index contributed by atoms with van der Waals surface area (Å²) in [7, 11) is 0. The number of hydrogen-bond donors (Lipinski definition) is 0. The van der Waals surface area contributed by atoms with Gasteiger partial charge < -0.3 is 4.74 Å². The van der Waals surface area contributed by atoms with Crippen LogP contribution in [0, 0.1) is 19.7 Å². The molecule has 20 heavy (non-hydrogen) atoms. The normalized spacial score (nSPS) is 12.2. The molecule has 2 aromatic rings. The SMILES string of the molecule is CCOc1ccc(C)cc1C(Cl)c1cc(C)ccc1F. The van der Waals surface area contributed by atoms with E-state index >= 15 is 0 Å². The van der Waals surface area contributed by atoms with Gasteiger partial charge >= 0.3 is 0 Å². The second-order valence-electron chi connectivity index (χ2n) is 4.86. The maximum atomic E-state index is 14.0. The van der Waals surface area contributed by atoms with Crippen LogP contribution in [0.25, 0.3) is 0 Å². The van der Waals surface area contributed by atoms with Gasteiger partial charge in [0.2, 0.25) is 0 Å². The quantitative estimate of drug-likeness (QED) is 0.706. The minimum Gasteiger partial charge on any atom is -0.494 e. The maximum Gasteiger partial charge on any atom is 0.128 e. The van der Waals surface area contributed by atoms with Crippen LogP contribution < -0.4 is 4.74 Å². The van der Waals surface area contributed by atoms with Gasteiger partial charge in [0.15, 0.2) is 0 Å². The molecule has 0 bridgehead atoms. The van der Waals surface area contributed by atoms with Gasteiger partial charge in [-0.2, -0.15) is 0 Å². The molecule has 0 radical (unpaired) electrons. The van der Waals surface area contributed by atoms with Crippen molar-refractivity contribution in [1.29, 1.82) is 0 Å². The molecule has 0 aliphatic carbocycles. The minimum absolute atomic E-state index is 0.292. The monoisotopic (exact) mass is 292 g/mol. The zero-order valence-electron chi connectivity index (χ0n) is 11.9. The molecule has 106 valence electrons. The molecule has 0 N–H and O–H groups in total. The Morgan fingerprint density at radius 3 is 2.30 bits per heavy atom. The topological polar surface area (TPSA) is 9.23 Å². The van der Waals surface area contributed by atoms with Crippen molar-refractivity contribution in [2.45, 2.75) is 26.1 Å². The van der Waals surface area contributed by atoms with Crippen LogP contribution in [0.3, 0.4) is 0 Å². The zero-order valence-corrected chi connectivity index (χ0v) is 12.7. The fourth-order valence-corrected chi connectivity index (χ4v) is 2.52. The Balaban J connectivity index is 2.49. The molecule has 0 spiro atoms. The summed E-state index contributed by atoms with van der Waals surface area (Å²) in [4.78, 5) is 0. The average molecular weight is 293 g/mol. The number of hydrogen-bond acceptors (Lipinski definition) is 1. The van der Waals surface area contributed by atoms with Crippen molar-refractivity contribution in [3.63, 3.8) is 0 Å². The van der Waals surface area contributed by atoms with E-state index in [1.165, 1.54) is 6.07 Å². The van der Waals surface area contributed by atoms with E-state index in [-0.39, 0.29) is 5.82 Å². The molecule has 1 atom stereocenters. The Morgan fingerprint density at radius 1 is 1.05 bits per heavy atom. The number of benzene rings is 2. The van der Waals surface area contributed by atoms with Gasteiger partial charge in [0.25, 0.3) is 0 Å². The largest absolute Gasteiger partial charge is 0.494 e. The third-order valence-corrected chi connectivity index (χ3v) is 3.63. The van der Waals surface area contributed by atoms with Crippen molar-refractivity contribution >= 4 is 11.6 Å². The molecule has 0 saturated carbocycles. The summed E-state index contributed by atoms with van der Waals surface area (Å²) >= 11 is 6.50. The molecule has 0 fully saturated rings. The van der Waals surface area contributed by atoms with Crippen LogP contribution in [0.4, 0.5) is 4.39 Å². The van der Waals surface area contributed by atoms with E-state index in [0.29, 0.717) is 17.9 Å². The van der Waals surface area contributed by atoms with Crippen LogP contribution in [-0.4, -0.2) is 6.61 Å². The highest BCUT2D eigenvalue weighted by Gasteiger charge is 2.19. The smallest absolute Gasteiger partial charge is 0.128 e. The summed E-state index contributed by atoms with van der Waals surface area (Å²) in [6.45, 7) is 6.37. The summed E-state index contributed by atoms with van der Waals surface area (Å²) in [6, 6.07) is 10.8. The summed E-state index contributed by atoms with van der Waals surface area (Å²) in [6.07, 6.45) is 0. The first kappa shape index (κ1) is 14.9. The molecule has 2 rings (SSSR count). The van der Waals surface area contributed by atoms with Crippen molar-refractivity contribution in [1.82, 2.24) is 0 Å². The predicted octanol–water partition coefficient (Wildman–Crippen LogP) is 5.17. The highest BCUT2D eigenvalue weighted by molar-refractivity contribution is 6.22. The van der Waals surface area contributed by atoms with Crippen LogP contribution in [0.2, 0.25) is 0 Å². The molecule has 1 nitrogen and oxygen atoms in total. The standard InChI is InChI=1S/C17H18ClFO/c1-4-20-16-8-6-12(3)10-14(16)17(18)13-9-11(2)5-7-15(13)19/h5-10,17H,4H2,1-3H3. The third-order valence-electron chi connectivity index (χ3n) is 3.16. The molecular formula is C17H18ClFO. The van der Waals surface area contributed by atoms with Crippen LogP contribution in [-0.2, 0) is 0 Å². The Bertz CT molecular complexity index is 610. The number of aryl methyl sites for hydroxylation is 2. The Labute approximate surface area is 124 Å². The van der Waals surface area contributed by atoms with Crippen molar-refractivity contribution in [3.8, 4) is 5.75 Å². The van der Waals surface area contributed by atoms with Crippen LogP contribution in [0.5, 0.6) is 5.75 Å². The molecule has 0 aliphatic rings. The number of alkyl halides is 1. The van der Waals surface area contributed by atoms with Crippen molar-refractivity contribution in [2.24, 2.45) is 0 Å². The zero-order chi connectivity index (χ0) is 14.7. The van der Waals surface area contributed by atoms with E-state index < -0.39 is 5.38 Å². The maximum absolute atomic E-state index is 14.0. The molecule has 0 aliphatic heterocycles. The van der Waals surface area contributed by atoms with Crippen LogP contribution in [0.15, 0.2) is 36.4 Å². The molecule has 0 saturated heterocycles. The molecule has 0 amide bonds. The highest BCUT2D eigenvalue weighted by atomic mass is 35.5. The first-order valence-corrected chi connectivity index (χ1v) is 7.10. The predicted molar refractivity (Wildman–Crippen MR) is 81.2 cm³/mol. The molecule has 3 heteroatoms. The van der Waals surface area contributed by atoms with Crippen molar-refractivity contribution in [3.05, 3.63) is 64.5 Å². The van der Waals surface area contributed by atoms with Gasteiger partial charge in [-0.25, -0.2) is 4.39 Å². The lowest BCUT2D eigenvalue weighted by Gasteiger charge is -2.17. The van der Waals surface area contributed by atoms with Gasteiger partial charge in [-0.3, -0.25) is 0 Å². The second-order valence-corrected chi connectivity index (χ2v) is 5.30.